The van der Waals surface area contributed by atoms with Crippen LogP contribution in [0, 0.1) is 0 Å². The number of rotatable bonds is 7. The number of carbonyl (C=O) groups is 1. The molecule has 3 aromatic rings. The summed E-state index contributed by atoms with van der Waals surface area (Å²) < 4.78 is 31.0. The Morgan fingerprint density at radius 3 is 2.66 bits per heavy atom. The zero-order valence-corrected chi connectivity index (χ0v) is 20.8. The molecule has 0 radical (unpaired) electrons. The number of hydrogen-bond donors (Lipinski definition) is 1. The van der Waals surface area contributed by atoms with E-state index in [0.29, 0.717) is 24.9 Å². The third kappa shape index (κ3) is 5.05. The van der Waals surface area contributed by atoms with Gasteiger partial charge in [0.25, 0.3) is 0 Å². The largest absolute Gasteiger partial charge is 0.493 e. The lowest BCUT2D eigenvalue weighted by Gasteiger charge is -2.35. The fourth-order valence-corrected chi connectivity index (χ4v) is 5.54. The first-order chi connectivity index (χ1) is 16.8. The van der Waals surface area contributed by atoms with Gasteiger partial charge in [-0.3, -0.25) is 9.69 Å². The summed E-state index contributed by atoms with van der Waals surface area (Å²) in [6, 6.07) is 11.2. The molecule has 0 aliphatic carbocycles. The molecule has 35 heavy (non-hydrogen) atoms. The SMILES string of the molecule is CCn1c(CCC(=O)N2CCN(Cc3ccc4c(c3)CCO4)CC2)nc2cc(S(N)(=O)=O)ccc21. The normalized spacial score (nSPS) is 16.5. The van der Waals surface area contributed by atoms with Gasteiger partial charge >= 0.3 is 0 Å². The molecule has 0 unspecified atom stereocenters. The van der Waals surface area contributed by atoms with Gasteiger partial charge in [-0.25, -0.2) is 18.5 Å². The van der Waals surface area contributed by atoms with Gasteiger partial charge in [-0.05, 0) is 42.3 Å². The van der Waals surface area contributed by atoms with E-state index in [0.717, 1.165) is 62.8 Å². The molecular formula is C25H31N5O4S. The molecule has 2 aliphatic heterocycles. The second-order valence-electron chi connectivity index (χ2n) is 9.17. The van der Waals surface area contributed by atoms with E-state index in [1.807, 2.05) is 16.4 Å². The van der Waals surface area contributed by atoms with Gasteiger partial charge in [0.05, 0.1) is 22.5 Å². The summed E-state index contributed by atoms with van der Waals surface area (Å²) in [4.78, 5) is 21.9. The predicted octanol–water partition coefficient (Wildman–Crippen LogP) is 1.92. The van der Waals surface area contributed by atoms with E-state index in [9.17, 15) is 13.2 Å². The number of amides is 1. The Balaban J connectivity index is 1.17. The van der Waals surface area contributed by atoms with Crippen molar-refractivity contribution in [2.75, 3.05) is 32.8 Å². The standard InChI is InChI=1S/C25H31N5O4S/c1-2-30-22-5-4-20(35(26,32)33)16-21(22)27-24(30)7-8-25(31)29-12-10-28(11-13-29)17-18-3-6-23-19(15-18)9-14-34-23/h3-6,15-16H,2,7-14,17H2,1H3,(H2,26,32,33). The number of nitrogens with zero attached hydrogens (tertiary/aromatic N) is 4. The van der Waals surface area contributed by atoms with Gasteiger partial charge in [0.15, 0.2) is 0 Å². The maximum Gasteiger partial charge on any atom is 0.238 e. The zero-order chi connectivity index (χ0) is 24.6. The van der Waals surface area contributed by atoms with E-state index >= 15 is 0 Å². The Morgan fingerprint density at radius 2 is 1.91 bits per heavy atom. The lowest BCUT2D eigenvalue weighted by atomic mass is 10.1. The van der Waals surface area contributed by atoms with Gasteiger partial charge in [0, 0.05) is 58.5 Å². The molecule has 1 aromatic heterocycles. The number of benzene rings is 2. The van der Waals surface area contributed by atoms with Gasteiger partial charge in [-0.2, -0.15) is 0 Å². The van der Waals surface area contributed by atoms with E-state index in [4.69, 9.17) is 9.88 Å². The summed E-state index contributed by atoms with van der Waals surface area (Å²) in [6.07, 6.45) is 1.85. The van der Waals surface area contributed by atoms with E-state index < -0.39 is 10.0 Å². The molecular weight excluding hydrogens is 466 g/mol. The molecule has 0 atom stereocenters. The van der Waals surface area contributed by atoms with Crippen LogP contribution in [0.25, 0.3) is 11.0 Å². The highest BCUT2D eigenvalue weighted by molar-refractivity contribution is 7.89. The summed E-state index contributed by atoms with van der Waals surface area (Å²) in [5.41, 5.74) is 4.00. The van der Waals surface area contributed by atoms with Crippen LogP contribution in [0.4, 0.5) is 0 Å². The molecule has 9 nitrogen and oxygen atoms in total. The van der Waals surface area contributed by atoms with Crippen LogP contribution in [0.5, 0.6) is 5.75 Å². The van der Waals surface area contributed by atoms with Crippen LogP contribution in [0.1, 0.15) is 30.3 Å². The van der Waals surface area contributed by atoms with Crippen molar-refractivity contribution in [3.8, 4) is 5.75 Å². The van der Waals surface area contributed by atoms with Crippen molar-refractivity contribution in [3.63, 3.8) is 0 Å². The molecule has 3 heterocycles. The highest BCUT2D eigenvalue weighted by atomic mass is 32.2. The van der Waals surface area contributed by atoms with E-state index in [-0.39, 0.29) is 10.8 Å². The van der Waals surface area contributed by atoms with Crippen molar-refractivity contribution in [2.45, 2.75) is 44.2 Å². The van der Waals surface area contributed by atoms with Crippen molar-refractivity contribution >= 4 is 27.0 Å². The van der Waals surface area contributed by atoms with E-state index in [1.54, 1.807) is 6.07 Å². The Bertz CT molecular complexity index is 1360. The molecule has 10 heteroatoms. The van der Waals surface area contributed by atoms with Crippen molar-refractivity contribution in [3.05, 3.63) is 53.3 Å². The maximum atomic E-state index is 12.9. The number of carbonyl (C=O) groups excluding carboxylic acids is 1. The molecule has 1 amide bonds. The van der Waals surface area contributed by atoms with Crippen LogP contribution < -0.4 is 9.88 Å². The van der Waals surface area contributed by atoms with Crippen molar-refractivity contribution in [2.24, 2.45) is 5.14 Å². The van der Waals surface area contributed by atoms with Crippen molar-refractivity contribution in [1.29, 1.82) is 0 Å². The monoisotopic (exact) mass is 497 g/mol. The number of ether oxygens (including phenoxy) is 1. The molecule has 1 fully saturated rings. The van der Waals surface area contributed by atoms with Crippen LogP contribution in [0.2, 0.25) is 0 Å². The number of hydrogen-bond acceptors (Lipinski definition) is 6. The minimum absolute atomic E-state index is 0.0412. The van der Waals surface area contributed by atoms with Gasteiger partial charge < -0.3 is 14.2 Å². The topological polar surface area (TPSA) is 111 Å². The maximum absolute atomic E-state index is 12.9. The first kappa shape index (κ1) is 23.8. The van der Waals surface area contributed by atoms with Crippen molar-refractivity contribution in [1.82, 2.24) is 19.4 Å². The molecule has 2 aromatic carbocycles. The highest BCUT2D eigenvalue weighted by Gasteiger charge is 2.23. The Kier molecular flexibility index (Phi) is 6.52. The lowest BCUT2D eigenvalue weighted by Crippen LogP contribution is -2.48. The van der Waals surface area contributed by atoms with Crippen LogP contribution >= 0.6 is 0 Å². The van der Waals surface area contributed by atoms with Crippen LogP contribution in [0.3, 0.4) is 0 Å². The first-order valence-corrected chi connectivity index (χ1v) is 13.6. The zero-order valence-electron chi connectivity index (χ0n) is 19.9. The number of sulfonamides is 1. The quantitative estimate of drug-likeness (QED) is 0.534. The number of piperazine rings is 1. The second kappa shape index (κ2) is 9.60. The molecule has 2 aliphatic rings. The minimum atomic E-state index is -3.79. The number of primary sulfonamides is 1. The Labute approximate surface area is 205 Å². The van der Waals surface area contributed by atoms with Crippen LogP contribution in [-0.2, 0) is 40.7 Å². The minimum Gasteiger partial charge on any atom is -0.493 e. The molecule has 0 bridgehead atoms. The Morgan fingerprint density at radius 1 is 1.11 bits per heavy atom. The van der Waals surface area contributed by atoms with Gasteiger partial charge in [0.1, 0.15) is 11.6 Å². The molecule has 1 saturated heterocycles. The van der Waals surface area contributed by atoms with Gasteiger partial charge in [-0.15, -0.1) is 0 Å². The fourth-order valence-electron chi connectivity index (χ4n) is 5.01. The summed E-state index contributed by atoms with van der Waals surface area (Å²) in [6.45, 7) is 7.48. The molecule has 0 spiro atoms. The van der Waals surface area contributed by atoms with Crippen LogP contribution in [0.15, 0.2) is 41.3 Å². The fraction of sp³-hybridized carbons (Fsp3) is 0.440. The van der Waals surface area contributed by atoms with E-state index in [1.165, 1.54) is 23.3 Å². The van der Waals surface area contributed by atoms with Gasteiger partial charge in [0.2, 0.25) is 15.9 Å². The number of nitrogens with two attached hydrogens (primary N) is 1. The van der Waals surface area contributed by atoms with Crippen molar-refractivity contribution < 1.29 is 17.9 Å². The summed E-state index contributed by atoms with van der Waals surface area (Å²) in [5, 5.41) is 5.26. The van der Waals surface area contributed by atoms with Gasteiger partial charge in [-0.1, -0.05) is 12.1 Å². The molecule has 2 N–H and O–H groups in total. The number of aromatic nitrogens is 2. The summed E-state index contributed by atoms with van der Waals surface area (Å²) in [7, 11) is -3.79. The summed E-state index contributed by atoms with van der Waals surface area (Å²) in [5.74, 6) is 1.91. The number of fused-ring (bicyclic) bond motifs is 2. The first-order valence-electron chi connectivity index (χ1n) is 12.1. The number of imidazole rings is 1. The Hall–Kier alpha value is -2.95. The average Bonchev–Trinajstić information content (AvgIpc) is 3.45. The third-order valence-corrected chi connectivity index (χ3v) is 7.80. The molecule has 0 saturated carbocycles. The summed E-state index contributed by atoms with van der Waals surface area (Å²) >= 11 is 0. The second-order valence-corrected chi connectivity index (χ2v) is 10.7. The third-order valence-electron chi connectivity index (χ3n) is 6.89. The lowest BCUT2D eigenvalue weighted by molar-refractivity contribution is -0.133. The molecule has 186 valence electrons. The average molecular weight is 498 g/mol. The number of aryl methyl sites for hydroxylation is 2. The molecule has 5 rings (SSSR count). The van der Waals surface area contributed by atoms with E-state index in [2.05, 4.69) is 28.1 Å². The smallest absolute Gasteiger partial charge is 0.238 e. The van der Waals surface area contributed by atoms with Crippen LogP contribution in [-0.4, -0.2) is 66.5 Å². The predicted molar refractivity (Wildman–Crippen MR) is 133 cm³/mol. The highest BCUT2D eigenvalue weighted by Crippen LogP contribution is 2.26.